The second kappa shape index (κ2) is 7.97. The first-order chi connectivity index (χ1) is 14.6. The summed E-state index contributed by atoms with van der Waals surface area (Å²) in [4.78, 5) is 21.1. The number of carbonyl (C=O) groups is 1. The number of thiazole rings is 1. The molecule has 0 unspecified atom stereocenters. The van der Waals surface area contributed by atoms with Crippen molar-refractivity contribution in [3.05, 3.63) is 54.2 Å². The average molecular weight is 423 g/mol. The van der Waals surface area contributed by atoms with Crippen LogP contribution in [-0.2, 0) is 6.54 Å². The summed E-state index contributed by atoms with van der Waals surface area (Å²) < 4.78 is 7.11. The van der Waals surface area contributed by atoms with Crippen LogP contribution in [0.25, 0.3) is 21.1 Å². The van der Waals surface area contributed by atoms with Crippen LogP contribution >= 0.6 is 11.3 Å². The Labute approximate surface area is 177 Å². The van der Waals surface area contributed by atoms with Crippen LogP contribution in [0.2, 0.25) is 0 Å². The van der Waals surface area contributed by atoms with Crippen molar-refractivity contribution >= 4 is 38.5 Å². The molecule has 1 aliphatic heterocycles. The van der Waals surface area contributed by atoms with Crippen LogP contribution in [0.15, 0.2) is 48.7 Å². The number of aromatic amines is 1. The van der Waals surface area contributed by atoms with E-state index in [0.717, 1.165) is 54.0 Å². The molecule has 4 aromatic rings. The molecule has 1 saturated heterocycles. The zero-order chi connectivity index (χ0) is 20.5. The number of likely N-dealkylation sites (tertiary alicyclic amines) is 1. The molecule has 0 saturated carbocycles. The van der Waals surface area contributed by atoms with Gasteiger partial charge in [0.2, 0.25) is 0 Å². The number of para-hydroxylation sites is 1. The standard InChI is InChI=1S/C22H22N4O3S/c27-21(28)24-15-7-9-26(10-8-15)13-14-12-23-19-11-16(5-6-17(14)19)29-22-25-18-3-1-2-4-20(18)30-22/h1-6,11-12,15,23-24H,7-10,13H2,(H,27,28). The quantitative estimate of drug-likeness (QED) is 0.430. The van der Waals surface area contributed by atoms with E-state index in [4.69, 9.17) is 9.84 Å². The van der Waals surface area contributed by atoms with E-state index in [1.165, 1.54) is 22.3 Å². The number of H-pyrrole nitrogens is 1. The van der Waals surface area contributed by atoms with Gasteiger partial charge in [-0.25, -0.2) is 9.78 Å². The summed E-state index contributed by atoms with van der Waals surface area (Å²) in [6, 6.07) is 14.1. The molecule has 1 aliphatic rings. The third-order valence-electron chi connectivity index (χ3n) is 5.53. The number of amides is 1. The van der Waals surface area contributed by atoms with Crippen molar-refractivity contribution in [2.75, 3.05) is 13.1 Å². The summed E-state index contributed by atoms with van der Waals surface area (Å²) >= 11 is 1.54. The molecule has 2 aromatic heterocycles. The minimum Gasteiger partial charge on any atom is -0.465 e. The Morgan fingerprint density at radius 3 is 2.90 bits per heavy atom. The van der Waals surface area contributed by atoms with Crippen LogP contribution in [0.1, 0.15) is 18.4 Å². The zero-order valence-electron chi connectivity index (χ0n) is 16.3. The van der Waals surface area contributed by atoms with Crippen LogP contribution in [0.4, 0.5) is 4.79 Å². The summed E-state index contributed by atoms with van der Waals surface area (Å²) in [6.45, 7) is 2.62. The van der Waals surface area contributed by atoms with Crippen molar-refractivity contribution < 1.29 is 14.6 Å². The topological polar surface area (TPSA) is 90.5 Å². The van der Waals surface area contributed by atoms with E-state index in [1.807, 2.05) is 42.6 Å². The first kappa shape index (κ1) is 18.9. The third-order valence-corrected chi connectivity index (χ3v) is 6.44. The van der Waals surface area contributed by atoms with Crippen molar-refractivity contribution in [3.63, 3.8) is 0 Å². The molecule has 1 amide bonds. The molecular formula is C22H22N4O3S. The van der Waals surface area contributed by atoms with Gasteiger partial charge < -0.3 is 20.1 Å². The lowest BCUT2D eigenvalue weighted by Gasteiger charge is -2.31. The number of carboxylic acid groups (broad SMARTS) is 1. The summed E-state index contributed by atoms with van der Waals surface area (Å²) in [5.74, 6) is 0.760. The number of rotatable bonds is 5. The minimum atomic E-state index is -0.936. The van der Waals surface area contributed by atoms with Gasteiger partial charge in [-0.2, -0.15) is 0 Å². The van der Waals surface area contributed by atoms with Crippen molar-refractivity contribution in [2.24, 2.45) is 0 Å². The fourth-order valence-electron chi connectivity index (χ4n) is 4.01. The fourth-order valence-corrected chi connectivity index (χ4v) is 4.84. The molecule has 0 atom stereocenters. The molecule has 0 bridgehead atoms. The normalized spacial score (nSPS) is 15.6. The number of hydrogen-bond acceptors (Lipinski definition) is 5. The van der Waals surface area contributed by atoms with Crippen LogP contribution in [0, 0.1) is 0 Å². The van der Waals surface area contributed by atoms with Crippen molar-refractivity contribution in [3.8, 4) is 10.9 Å². The Balaban J connectivity index is 1.26. The molecular weight excluding hydrogens is 400 g/mol. The molecule has 0 aliphatic carbocycles. The average Bonchev–Trinajstić information content (AvgIpc) is 3.32. The monoisotopic (exact) mass is 422 g/mol. The second-order valence-electron chi connectivity index (χ2n) is 7.57. The second-order valence-corrected chi connectivity index (χ2v) is 8.56. The summed E-state index contributed by atoms with van der Waals surface area (Å²) in [7, 11) is 0. The fraction of sp³-hybridized carbons (Fsp3) is 0.273. The molecule has 7 nitrogen and oxygen atoms in total. The number of nitrogens with zero attached hydrogens (tertiary/aromatic N) is 2. The predicted octanol–water partition coefficient (Wildman–Crippen LogP) is 4.80. The van der Waals surface area contributed by atoms with E-state index >= 15 is 0 Å². The molecule has 3 heterocycles. The predicted molar refractivity (Wildman–Crippen MR) is 117 cm³/mol. The van der Waals surface area contributed by atoms with Gasteiger partial charge in [0.1, 0.15) is 5.75 Å². The van der Waals surface area contributed by atoms with Gasteiger partial charge in [0.15, 0.2) is 0 Å². The minimum absolute atomic E-state index is 0.0592. The smallest absolute Gasteiger partial charge is 0.404 e. The molecule has 30 heavy (non-hydrogen) atoms. The Bertz CT molecular complexity index is 1160. The van der Waals surface area contributed by atoms with Gasteiger partial charge >= 0.3 is 6.09 Å². The summed E-state index contributed by atoms with van der Waals surface area (Å²) in [5, 5.41) is 13.3. The lowest BCUT2D eigenvalue weighted by Crippen LogP contribution is -2.43. The molecule has 1 fully saturated rings. The Morgan fingerprint density at radius 1 is 1.27 bits per heavy atom. The summed E-state index contributed by atoms with van der Waals surface area (Å²) in [6.07, 6.45) is 2.80. The third kappa shape index (κ3) is 3.96. The molecule has 2 aromatic carbocycles. The Kier molecular flexibility index (Phi) is 5.02. The molecule has 3 N–H and O–H groups in total. The molecule has 0 radical (unpaired) electrons. The van der Waals surface area contributed by atoms with Crippen molar-refractivity contribution in [1.82, 2.24) is 20.2 Å². The first-order valence-corrected chi connectivity index (χ1v) is 10.8. The number of fused-ring (bicyclic) bond motifs is 2. The number of benzene rings is 2. The summed E-state index contributed by atoms with van der Waals surface area (Å²) in [5.41, 5.74) is 3.22. The highest BCUT2D eigenvalue weighted by Crippen LogP contribution is 2.33. The van der Waals surface area contributed by atoms with Crippen LogP contribution in [0.5, 0.6) is 10.9 Å². The molecule has 5 rings (SSSR count). The van der Waals surface area contributed by atoms with Crippen LogP contribution in [0.3, 0.4) is 0 Å². The number of ether oxygens (including phenoxy) is 1. The van der Waals surface area contributed by atoms with Gasteiger partial charge in [0.25, 0.3) is 5.19 Å². The van der Waals surface area contributed by atoms with E-state index in [2.05, 4.69) is 26.3 Å². The lowest BCUT2D eigenvalue weighted by atomic mass is 10.0. The highest BCUT2D eigenvalue weighted by Gasteiger charge is 2.21. The van der Waals surface area contributed by atoms with Crippen molar-refractivity contribution in [1.29, 1.82) is 0 Å². The zero-order valence-corrected chi connectivity index (χ0v) is 17.1. The first-order valence-electron chi connectivity index (χ1n) is 9.99. The van der Waals surface area contributed by atoms with E-state index in [9.17, 15) is 4.79 Å². The maximum Gasteiger partial charge on any atom is 0.404 e. The van der Waals surface area contributed by atoms with Gasteiger partial charge in [-0.3, -0.25) is 4.90 Å². The molecule has 0 spiro atoms. The lowest BCUT2D eigenvalue weighted by molar-refractivity contribution is 0.165. The molecule has 8 heteroatoms. The van der Waals surface area contributed by atoms with Gasteiger partial charge in [0, 0.05) is 48.8 Å². The van der Waals surface area contributed by atoms with E-state index in [1.54, 1.807) is 0 Å². The highest BCUT2D eigenvalue weighted by molar-refractivity contribution is 7.20. The number of piperidine rings is 1. The van der Waals surface area contributed by atoms with E-state index in [0.29, 0.717) is 5.19 Å². The van der Waals surface area contributed by atoms with E-state index in [-0.39, 0.29) is 6.04 Å². The number of aromatic nitrogens is 2. The maximum atomic E-state index is 10.8. The maximum absolute atomic E-state index is 10.8. The van der Waals surface area contributed by atoms with Crippen LogP contribution < -0.4 is 10.1 Å². The highest BCUT2D eigenvalue weighted by atomic mass is 32.1. The van der Waals surface area contributed by atoms with Gasteiger partial charge in [0.05, 0.1) is 10.2 Å². The molecule has 154 valence electrons. The largest absolute Gasteiger partial charge is 0.465 e. The number of hydrogen-bond donors (Lipinski definition) is 3. The Hall–Kier alpha value is -3.10. The van der Waals surface area contributed by atoms with Gasteiger partial charge in [-0.05, 0) is 42.7 Å². The van der Waals surface area contributed by atoms with Crippen LogP contribution in [-0.4, -0.2) is 45.2 Å². The van der Waals surface area contributed by atoms with E-state index < -0.39 is 6.09 Å². The van der Waals surface area contributed by atoms with Gasteiger partial charge in [-0.1, -0.05) is 23.5 Å². The number of nitrogens with one attached hydrogen (secondary N) is 2. The van der Waals surface area contributed by atoms with Crippen molar-refractivity contribution in [2.45, 2.75) is 25.4 Å². The SMILES string of the molecule is O=C(O)NC1CCN(Cc2c[nH]c3cc(Oc4nc5ccccc5s4)ccc23)CC1. The van der Waals surface area contributed by atoms with Gasteiger partial charge in [-0.15, -0.1) is 0 Å². The Morgan fingerprint density at radius 2 is 2.10 bits per heavy atom.